The lowest BCUT2D eigenvalue weighted by atomic mass is 10.3. The van der Waals surface area contributed by atoms with E-state index in [0.29, 0.717) is 27.4 Å². The first kappa shape index (κ1) is 9.97. The van der Waals surface area contributed by atoms with Crippen molar-refractivity contribution < 1.29 is 4.74 Å². The minimum atomic E-state index is 0.363. The Bertz CT molecular complexity index is 263. The number of rotatable bonds is 2. The van der Waals surface area contributed by atoms with Crippen molar-refractivity contribution in [3.05, 3.63) is 27.2 Å². The maximum Gasteiger partial charge on any atom is 0.122 e. The van der Waals surface area contributed by atoms with Gasteiger partial charge in [0.15, 0.2) is 0 Å². The second-order valence-electron chi connectivity index (χ2n) is 2.13. The molecule has 0 aromatic heterocycles. The molecule has 0 spiro atoms. The van der Waals surface area contributed by atoms with Crippen molar-refractivity contribution >= 4 is 34.8 Å². The fraction of sp³-hybridized carbons (Fsp3) is 0.250. The molecule has 1 aromatic carbocycles. The van der Waals surface area contributed by atoms with Crippen LogP contribution in [0.15, 0.2) is 12.1 Å². The van der Waals surface area contributed by atoms with Crippen LogP contribution in [-0.2, 0) is 0 Å². The first-order chi connectivity index (χ1) is 5.65. The van der Waals surface area contributed by atoms with Gasteiger partial charge >= 0.3 is 0 Å². The van der Waals surface area contributed by atoms with Crippen LogP contribution in [0.2, 0.25) is 15.1 Å². The number of ether oxygens (including phenoxy) is 1. The van der Waals surface area contributed by atoms with Crippen molar-refractivity contribution in [3.8, 4) is 5.75 Å². The molecular weight excluding hydrogens is 218 g/mol. The van der Waals surface area contributed by atoms with Gasteiger partial charge in [-0.3, -0.25) is 0 Å². The minimum absolute atomic E-state index is 0.363. The van der Waals surface area contributed by atoms with E-state index in [1.165, 1.54) is 0 Å². The van der Waals surface area contributed by atoms with Crippen molar-refractivity contribution in [1.29, 1.82) is 0 Å². The smallest absolute Gasteiger partial charge is 0.122 e. The molecule has 0 heterocycles. The molecule has 1 rings (SSSR count). The third kappa shape index (κ3) is 2.19. The van der Waals surface area contributed by atoms with Gasteiger partial charge in [0.25, 0.3) is 0 Å². The molecule has 0 radical (unpaired) electrons. The highest BCUT2D eigenvalue weighted by Gasteiger charge is 2.05. The van der Waals surface area contributed by atoms with Crippen LogP contribution in [0.3, 0.4) is 0 Å². The van der Waals surface area contributed by atoms with Gasteiger partial charge in [0.1, 0.15) is 5.75 Å². The molecule has 0 N–H and O–H groups in total. The number of halogens is 3. The number of benzene rings is 1. The van der Waals surface area contributed by atoms with Crippen LogP contribution in [0.4, 0.5) is 0 Å². The zero-order valence-electron chi connectivity index (χ0n) is 6.40. The van der Waals surface area contributed by atoms with Gasteiger partial charge < -0.3 is 4.74 Å². The lowest BCUT2D eigenvalue weighted by Gasteiger charge is -2.05. The average molecular weight is 226 g/mol. The lowest BCUT2D eigenvalue weighted by Crippen LogP contribution is -1.91. The highest BCUT2D eigenvalue weighted by molar-refractivity contribution is 6.48. The molecule has 0 aliphatic heterocycles. The highest BCUT2D eigenvalue weighted by Crippen LogP contribution is 2.33. The van der Waals surface area contributed by atoms with Crippen LogP contribution in [0, 0.1) is 0 Å². The van der Waals surface area contributed by atoms with E-state index >= 15 is 0 Å². The molecular formula is C8H7Cl3O. The van der Waals surface area contributed by atoms with Crippen molar-refractivity contribution in [3.63, 3.8) is 0 Å². The van der Waals surface area contributed by atoms with E-state index < -0.39 is 0 Å². The standard InChI is InChI=1S/C8H7Cl3O/c1-2-12-5-3-6(9)8(11)7(10)4-5/h3-4H,2H2,1H3. The SMILES string of the molecule is CCOc1cc(Cl)c(Cl)c(Cl)c1. The Morgan fingerprint density at radius 2 is 1.67 bits per heavy atom. The van der Waals surface area contributed by atoms with E-state index in [-0.39, 0.29) is 0 Å². The van der Waals surface area contributed by atoms with Crippen molar-refractivity contribution in [2.75, 3.05) is 6.61 Å². The Balaban J connectivity index is 3.04. The van der Waals surface area contributed by atoms with Gasteiger partial charge in [-0.05, 0) is 6.92 Å². The van der Waals surface area contributed by atoms with Crippen LogP contribution >= 0.6 is 34.8 Å². The zero-order valence-corrected chi connectivity index (χ0v) is 8.67. The molecule has 0 amide bonds. The summed E-state index contributed by atoms with van der Waals surface area (Å²) in [6.07, 6.45) is 0. The lowest BCUT2D eigenvalue weighted by molar-refractivity contribution is 0.340. The van der Waals surface area contributed by atoms with Gasteiger partial charge in [0.2, 0.25) is 0 Å². The molecule has 1 aromatic rings. The molecule has 0 unspecified atom stereocenters. The van der Waals surface area contributed by atoms with Crippen molar-refractivity contribution in [2.24, 2.45) is 0 Å². The molecule has 66 valence electrons. The summed E-state index contributed by atoms with van der Waals surface area (Å²) in [5.41, 5.74) is 0. The molecule has 4 heteroatoms. The fourth-order valence-corrected chi connectivity index (χ4v) is 1.36. The van der Waals surface area contributed by atoms with Crippen LogP contribution < -0.4 is 4.74 Å². The van der Waals surface area contributed by atoms with E-state index in [1.54, 1.807) is 12.1 Å². The predicted octanol–water partition coefficient (Wildman–Crippen LogP) is 4.05. The fourth-order valence-electron chi connectivity index (χ4n) is 0.782. The summed E-state index contributed by atoms with van der Waals surface area (Å²) in [5.74, 6) is 0.636. The Morgan fingerprint density at radius 1 is 1.17 bits per heavy atom. The Labute approximate surface area is 86.2 Å². The Morgan fingerprint density at radius 3 is 2.08 bits per heavy atom. The summed E-state index contributed by atoms with van der Waals surface area (Å²) in [6.45, 7) is 2.46. The summed E-state index contributed by atoms with van der Waals surface area (Å²) in [5, 5.41) is 1.18. The van der Waals surface area contributed by atoms with Gasteiger partial charge in [0, 0.05) is 12.1 Å². The topological polar surface area (TPSA) is 9.23 Å². The molecule has 0 bridgehead atoms. The van der Waals surface area contributed by atoms with Crippen molar-refractivity contribution in [2.45, 2.75) is 6.92 Å². The summed E-state index contributed by atoms with van der Waals surface area (Å²) < 4.78 is 5.19. The summed E-state index contributed by atoms with van der Waals surface area (Å²) >= 11 is 17.2. The molecule has 0 fully saturated rings. The largest absolute Gasteiger partial charge is 0.494 e. The summed E-state index contributed by atoms with van der Waals surface area (Å²) in [6, 6.07) is 3.28. The van der Waals surface area contributed by atoms with Crippen LogP contribution in [0.1, 0.15) is 6.92 Å². The quantitative estimate of drug-likeness (QED) is 0.690. The second-order valence-corrected chi connectivity index (χ2v) is 3.33. The van der Waals surface area contributed by atoms with E-state index in [1.807, 2.05) is 6.92 Å². The molecule has 0 atom stereocenters. The number of hydrogen-bond donors (Lipinski definition) is 0. The molecule has 0 saturated carbocycles. The monoisotopic (exact) mass is 224 g/mol. The molecule has 12 heavy (non-hydrogen) atoms. The van der Waals surface area contributed by atoms with Crippen LogP contribution in [0.25, 0.3) is 0 Å². The molecule has 0 aliphatic carbocycles. The normalized spacial score (nSPS) is 10.0. The predicted molar refractivity (Wildman–Crippen MR) is 52.6 cm³/mol. The first-order valence-corrected chi connectivity index (χ1v) is 4.56. The Hall–Kier alpha value is -0.110. The van der Waals surface area contributed by atoms with Gasteiger partial charge in [0.05, 0.1) is 21.7 Å². The number of hydrogen-bond acceptors (Lipinski definition) is 1. The van der Waals surface area contributed by atoms with E-state index in [9.17, 15) is 0 Å². The zero-order chi connectivity index (χ0) is 9.14. The Kier molecular flexibility index (Phi) is 3.51. The van der Waals surface area contributed by atoms with Crippen LogP contribution in [-0.4, -0.2) is 6.61 Å². The second kappa shape index (κ2) is 4.22. The third-order valence-electron chi connectivity index (χ3n) is 1.27. The minimum Gasteiger partial charge on any atom is -0.494 e. The van der Waals surface area contributed by atoms with Gasteiger partial charge in [-0.2, -0.15) is 0 Å². The van der Waals surface area contributed by atoms with Gasteiger partial charge in [-0.15, -0.1) is 0 Å². The van der Waals surface area contributed by atoms with E-state index in [0.717, 1.165) is 0 Å². The molecule has 1 nitrogen and oxygen atoms in total. The van der Waals surface area contributed by atoms with E-state index in [4.69, 9.17) is 39.5 Å². The van der Waals surface area contributed by atoms with Gasteiger partial charge in [-0.25, -0.2) is 0 Å². The molecule has 0 aliphatic rings. The maximum atomic E-state index is 5.76. The summed E-state index contributed by atoms with van der Waals surface area (Å²) in [7, 11) is 0. The average Bonchev–Trinajstić information content (AvgIpc) is 2.01. The van der Waals surface area contributed by atoms with E-state index in [2.05, 4.69) is 0 Å². The van der Waals surface area contributed by atoms with Gasteiger partial charge in [-0.1, -0.05) is 34.8 Å². The highest BCUT2D eigenvalue weighted by atomic mass is 35.5. The third-order valence-corrected chi connectivity index (χ3v) is 2.47. The summed E-state index contributed by atoms with van der Waals surface area (Å²) in [4.78, 5) is 0. The maximum absolute atomic E-state index is 5.76. The first-order valence-electron chi connectivity index (χ1n) is 3.42. The molecule has 0 saturated heterocycles. The van der Waals surface area contributed by atoms with Crippen LogP contribution in [0.5, 0.6) is 5.75 Å². The van der Waals surface area contributed by atoms with Crippen molar-refractivity contribution in [1.82, 2.24) is 0 Å².